The van der Waals surface area contributed by atoms with E-state index in [2.05, 4.69) is 0 Å². The van der Waals surface area contributed by atoms with E-state index in [-0.39, 0.29) is 13.0 Å². The molecule has 0 aliphatic carbocycles. The number of fused-ring (bicyclic) bond motifs is 1. The summed E-state index contributed by atoms with van der Waals surface area (Å²) in [5.74, 6) is 0. The fourth-order valence-corrected chi connectivity index (χ4v) is 2.75. The zero-order valence-corrected chi connectivity index (χ0v) is 11.7. The molecule has 1 N–H and O–H groups in total. The van der Waals surface area contributed by atoms with Crippen molar-refractivity contribution in [2.75, 3.05) is 13.7 Å². The number of aliphatic hydroxyl groups is 1. The van der Waals surface area contributed by atoms with E-state index in [1.807, 2.05) is 30.3 Å². The highest BCUT2D eigenvalue weighted by atomic mass is 16.7. The van der Waals surface area contributed by atoms with Crippen molar-refractivity contribution in [1.29, 1.82) is 0 Å². The van der Waals surface area contributed by atoms with Gasteiger partial charge in [0, 0.05) is 19.1 Å². The molecule has 3 rings (SSSR count). The van der Waals surface area contributed by atoms with Crippen LogP contribution in [0, 0.1) is 0 Å². The van der Waals surface area contributed by atoms with Gasteiger partial charge in [0.25, 0.3) is 0 Å². The van der Waals surface area contributed by atoms with E-state index in [0.29, 0.717) is 6.29 Å². The third-order valence-corrected chi connectivity index (χ3v) is 3.87. The van der Waals surface area contributed by atoms with Gasteiger partial charge >= 0.3 is 0 Å². The maximum absolute atomic E-state index is 11.4. The van der Waals surface area contributed by atoms with Crippen LogP contribution in [0.5, 0.6) is 0 Å². The number of carbonyl (C=O) groups is 1. The first-order valence-electron chi connectivity index (χ1n) is 6.85. The van der Waals surface area contributed by atoms with Gasteiger partial charge in [0.1, 0.15) is 12.2 Å². The van der Waals surface area contributed by atoms with Gasteiger partial charge in [-0.3, -0.25) is 0 Å². The molecular weight excluding hydrogens is 276 g/mol. The molecule has 0 radical (unpaired) electrons. The molecule has 1 aromatic rings. The molecule has 5 atom stereocenters. The Kier molecular flexibility index (Phi) is 4.05. The Balaban J connectivity index is 1.81. The fourth-order valence-electron chi connectivity index (χ4n) is 2.75. The number of methoxy groups -OCH3 is 1. The molecule has 2 aliphatic rings. The fraction of sp³-hybridized carbons (Fsp3) is 0.533. The maximum atomic E-state index is 11.4. The summed E-state index contributed by atoms with van der Waals surface area (Å²) in [5.41, 5.74) is -0.807. The van der Waals surface area contributed by atoms with Crippen LogP contribution in [0.1, 0.15) is 18.3 Å². The molecule has 2 heterocycles. The second-order valence-corrected chi connectivity index (χ2v) is 5.29. The lowest BCUT2D eigenvalue weighted by atomic mass is 9.87. The first-order chi connectivity index (χ1) is 10.2. The quantitative estimate of drug-likeness (QED) is 0.831. The summed E-state index contributed by atoms with van der Waals surface area (Å²) in [7, 11) is 1.47. The number of hydrogen-bond donors (Lipinski definition) is 1. The Morgan fingerprint density at radius 1 is 1.33 bits per heavy atom. The second-order valence-electron chi connectivity index (χ2n) is 5.29. The highest BCUT2D eigenvalue weighted by Crippen LogP contribution is 2.38. The van der Waals surface area contributed by atoms with Gasteiger partial charge in [-0.15, -0.1) is 0 Å². The van der Waals surface area contributed by atoms with E-state index in [0.717, 1.165) is 5.56 Å². The van der Waals surface area contributed by atoms with Crippen molar-refractivity contribution in [3.8, 4) is 0 Å². The standard InChI is InChI=1S/C15H18O6/c1-18-12-7-15(17,9-16)13-11(20-12)8-19-14(21-13)10-5-3-2-4-6-10/h2-6,9,11-14,17H,7-8H2,1H3. The summed E-state index contributed by atoms with van der Waals surface area (Å²) in [6.07, 6.45) is -2.05. The van der Waals surface area contributed by atoms with E-state index in [4.69, 9.17) is 18.9 Å². The minimum Gasteiger partial charge on any atom is -0.379 e. The lowest BCUT2D eigenvalue weighted by molar-refractivity contribution is -0.347. The van der Waals surface area contributed by atoms with Gasteiger partial charge in [-0.05, 0) is 0 Å². The molecule has 0 bridgehead atoms. The smallest absolute Gasteiger partial charge is 0.184 e. The average Bonchev–Trinajstić information content (AvgIpc) is 2.55. The minimum atomic E-state index is -1.64. The maximum Gasteiger partial charge on any atom is 0.184 e. The molecule has 1 aromatic carbocycles. The molecule has 21 heavy (non-hydrogen) atoms. The van der Waals surface area contributed by atoms with E-state index >= 15 is 0 Å². The molecule has 2 aliphatic heterocycles. The third-order valence-electron chi connectivity index (χ3n) is 3.87. The lowest BCUT2D eigenvalue weighted by Crippen LogP contribution is -2.63. The SMILES string of the molecule is COC1CC(O)(C=O)C2OC(c3ccccc3)OCC2O1. The molecule has 0 spiro atoms. The van der Waals surface area contributed by atoms with E-state index < -0.39 is 30.4 Å². The summed E-state index contributed by atoms with van der Waals surface area (Å²) in [5, 5.41) is 10.5. The van der Waals surface area contributed by atoms with Gasteiger partial charge in [0.05, 0.1) is 6.61 Å². The molecule has 5 unspecified atom stereocenters. The Labute approximate surface area is 122 Å². The zero-order valence-electron chi connectivity index (χ0n) is 11.7. The summed E-state index contributed by atoms with van der Waals surface area (Å²) < 4.78 is 22.2. The zero-order chi connectivity index (χ0) is 14.9. The second kappa shape index (κ2) is 5.82. The number of ether oxygens (including phenoxy) is 4. The van der Waals surface area contributed by atoms with Gasteiger partial charge in [-0.25, -0.2) is 0 Å². The third kappa shape index (κ3) is 2.73. The molecule has 114 valence electrons. The molecule has 6 heteroatoms. The topological polar surface area (TPSA) is 74.2 Å². The van der Waals surface area contributed by atoms with Crippen molar-refractivity contribution < 1.29 is 28.8 Å². The largest absolute Gasteiger partial charge is 0.379 e. The van der Waals surface area contributed by atoms with Gasteiger partial charge in [-0.2, -0.15) is 0 Å². The van der Waals surface area contributed by atoms with Crippen molar-refractivity contribution in [3.63, 3.8) is 0 Å². The van der Waals surface area contributed by atoms with Crippen molar-refractivity contribution in [3.05, 3.63) is 35.9 Å². The van der Waals surface area contributed by atoms with Crippen LogP contribution in [0.4, 0.5) is 0 Å². The molecule has 2 saturated heterocycles. The molecule has 0 aromatic heterocycles. The molecule has 0 saturated carbocycles. The van der Waals surface area contributed by atoms with Crippen LogP contribution >= 0.6 is 0 Å². The summed E-state index contributed by atoms with van der Waals surface area (Å²) in [6.45, 7) is 0.222. The van der Waals surface area contributed by atoms with E-state index in [1.165, 1.54) is 7.11 Å². The van der Waals surface area contributed by atoms with Gasteiger partial charge in [-0.1, -0.05) is 30.3 Å². The first-order valence-corrected chi connectivity index (χ1v) is 6.85. The number of benzene rings is 1. The minimum absolute atomic E-state index is 0.0374. The Morgan fingerprint density at radius 2 is 2.10 bits per heavy atom. The van der Waals surface area contributed by atoms with Gasteiger partial charge in [0.2, 0.25) is 0 Å². The van der Waals surface area contributed by atoms with E-state index in [1.54, 1.807) is 0 Å². The number of aldehydes is 1. The van der Waals surface area contributed by atoms with Crippen LogP contribution in [0.15, 0.2) is 30.3 Å². The van der Waals surface area contributed by atoms with Crippen LogP contribution in [0.25, 0.3) is 0 Å². The highest BCUT2D eigenvalue weighted by molar-refractivity contribution is 5.64. The molecule has 6 nitrogen and oxygen atoms in total. The lowest BCUT2D eigenvalue weighted by Gasteiger charge is -2.47. The van der Waals surface area contributed by atoms with Gasteiger partial charge in [0.15, 0.2) is 24.5 Å². The number of hydrogen-bond acceptors (Lipinski definition) is 6. The van der Waals surface area contributed by atoms with E-state index in [9.17, 15) is 9.90 Å². The highest BCUT2D eigenvalue weighted by Gasteiger charge is 2.53. The van der Waals surface area contributed by atoms with Crippen molar-refractivity contribution in [2.24, 2.45) is 0 Å². The predicted octanol–water partition coefficient (Wildman–Crippen LogP) is 0.792. The normalized spacial score (nSPS) is 39.5. The Bertz CT molecular complexity index is 492. The van der Waals surface area contributed by atoms with Crippen molar-refractivity contribution >= 4 is 6.29 Å². The first kappa shape index (κ1) is 14.6. The Hall–Kier alpha value is -1.31. The van der Waals surface area contributed by atoms with Gasteiger partial charge < -0.3 is 28.8 Å². The number of rotatable bonds is 3. The predicted molar refractivity (Wildman–Crippen MR) is 71.3 cm³/mol. The van der Waals surface area contributed by atoms with Crippen molar-refractivity contribution in [2.45, 2.75) is 36.8 Å². The van der Waals surface area contributed by atoms with Crippen LogP contribution in [0.3, 0.4) is 0 Å². The van der Waals surface area contributed by atoms with Crippen LogP contribution in [-0.4, -0.2) is 49.2 Å². The number of carbonyl (C=O) groups excluding carboxylic acids is 1. The molecule has 2 fully saturated rings. The van der Waals surface area contributed by atoms with Crippen LogP contribution in [0.2, 0.25) is 0 Å². The summed E-state index contributed by atoms with van der Waals surface area (Å²) in [4.78, 5) is 11.4. The molecular formula is C15H18O6. The van der Waals surface area contributed by atoms with Crippen LogP contribution < -0.4 is 0 Å². The summed E-state index contributed by atoms with van der Waals surface area (Å²) >= 11 is 0. The summed E-state index contributed by atoms with van der Waals surface area (Å²) in [6, 6.07) is 9.37. The molecule has 0 amide bonds. The Morgan fingerprint density at radius 3 is 2.76 bits per heavy atom. The van der Waals surface area contributed by atoms with Crippen molar-refractivity contribution in [1.82, 2.24) is 0 Å². The van der Waals surface area contributed by atoms with Crippen LogP contribution in [-0.2, 0) is 23.7 Å². The monoisotopic (exact) mass is 294 g/mol. The average molecular weight is 294 g/mol.